The summed E-state index contributed by atoms with van der Waals surface area (Å²) in [6.45, 7) is 4.00. The Labute approximate surface area is 123 Å². The van der Waals surface area contributed by atoms with Crippen molar-refractivity contribution in [1.82, 2.24) is 0 Å². The molecule has 6 nitrogen and oxygen atoms in total. The molecule has 2 amide bonds. The van der Waals surface area contributed by atoms with Gasteiger partial charge in [0, 0.05) is 6.42 Å². The summed E-state index contributed by atoms with van der Waals surface area (Å²) in [6.07, 6.45) is -1.03. The number of hydrogen-bond acceptors (Lipinski definition) is 4. The van der Waals surface area contributed by atoms with E-state index in [1.54, 1.807) is 24.3 Å². The fourth-order valence-corrected chi connectivity index (χ4v) is 2.21. The van der Waals surface area contributed by atoms with Crippen LogP contribution >= 0.6 is 0 Å². The summed E-state index contributed by atoms with van der Waals surface area (Å²) in [5, 5.41) is 0. The van der Waals surface area contributed by atoms with Crippen molar-refractivity contribution < 1.29 is 19.1 Å². The number of hydrogen-bond donors (Lipinski definition) is 2. The molecule has 0 aliphatic carbocycles. The van der Waals surface area contributed by atoms with Gasteiger partial charge in [-0.25, -0.2) is 0 Å². The summed E-state index contributed by atoms with van der Waals surface area (Å²) < 4.78 is 5.60. The van der Waals surface area contributed by atoms with Gasteiger partial charge in [0.05, 0.1) is 17.9 Å². The molecule has 114 valence electrons. The molecule has 0 radical (unpaired) electrons. The number of amides is 2. The van der Waals surface area contributed by atoms with E-state index in [-0.39, 0.29) is 18.6 Å². The molecule has 0 fully saturated rings. The second-order valence-electron chi connectivity index (χ2n) is 4.46. The molecule has 2 rings (SSSR count). The molecule has 0 saturated carbocycles. The maximum Gasteiger partial charge on any atom is 0.221 e. The standard InChI is InChI=1S/C13H14N2O4.C2H6/c14-11(16)5-8-10(6-12(15)17)19-9-4-2-1-3-7(9)13(8)18;1-2/h1-4,8,10H,5-6H2,(H2,14,16)(H2,15,17);1-2H3/t8-,10-;/m1./s1. The third-order valence-electron chi connectivity index (χ3n) is 3.04. The summed E-state index contributed by atoms with van der Waals surface area (Å²) in [7, 11) is 0. The number of ketones is 1. The number of benzene rings is 1. The molecule has 0 bridgehead atoms. The Morgan fingerprint density at radius 3 is 2.24 bits per heavy atom. The van der Waals surface area contributed by atoms with Gasteiger partial charge in [-0.15, -0.1) is 0 Å². The molecule has 0 unspecified atom stereocenters. The molecule has 1 aliphatic rings. The van der Waals surface area contributed by atoms with Crippen LogP contribution in [0.4, 0.5) is 0 Å². The van der Waals surface area contributed by atoms with Gasteiger partial charge in [-0.3, -0.25) is 14.4 Å². The zero-order valence-electron chi connectivity index (χ0n) is 12.2. The Morgan fingerprint density at radius 1 is 1.10 bits per heavy atom. The SMILES string of the molecule is CC.NC(=O)C[C@H]1Oc2ccccc2C(=O)[C@@H]1CC(N)=O. The molecule has 2 atom stereocenters. The average Bonchev–Trinajstić information content (AvgIpc) is 2.44. The molecule has 0 spiro atoms. The van der Waals surface area contributed by atoms with Gasteiger partial charge in [0.1, 0.15) is 11.9 Å². The number of rotatable bonds is 4. The van der Waals surface area contributed by atoms with Crippen molar-refractivity contribution in [3.05, 3.63) is 29.8 Å². The van der Waals surface area contributed by atoms with Crippen LogP contribution in [-0.2, 0) is 9.59 Å². The fourth-order valence-electron chi connectivity index (χ4n) is 2.21. The first kappa shape index (κ1) is 16.7. The van der Waals surface area contributed by atoms with E-state index in [4.69, 9.17) is 16.2 Å². The van der Waals surface area contributed by atoms with Gasteiger partial charge in [-0.2, -0.15) is 0 Å². The molecule has 4 N–H and O–H groups in total. The molecule has 1 aromatic carbocycles. The van der Waals surface area contributed by atoms with Gasteiger partial charge in [-0.1, -0.05) is 26.0 Å². The second kappa shape index (κ2) is 7.42. The first-order valence-corrected chi connectivity index (χ1v) is 6.85. The molecular formula is C15H20N2O4. The Balaban J connectivity index is 0.00000106. The van der Waals surface area contributed by atoms with Crippen molar-refractivity contribution >= 4 is 17.6 Å². The lowest BCUT2D eigenvalue weighted by Crippen LogP contribution is -2.42. The van der Waals surface area contributed by atoms with E-state index in [1.807, 2.05) is 13.8 Å². The average molecular weight is 292 g/mol. The van der Waals surface area contributed by atoms with Crippen molar-refractivity contribution in [2.24, 2.45) is 17.4 Å². The Morgan fingerprint density at radius 2 is 1.67 bits per heavy atom. The van der Waals surface area contributed by atoms with Crippen LogP contribution in [0.25, 0.3) is 0 Å². The number of carbonyl (C=O) groups is 3. The van der Waals surface area contributed by atoms with Crippen LogP contribution in [0, 0.1) is 5.92 Å². The molecule has 0 saturated heterocycles. The summed E-state index contributed by atoms with van der Waals surface area (Å²) in [6, 6.07) is 6.69. The van der Waals surface area contributed by atoms with Gasteiger partial charge in [0.15, 0.2) is 5.78 Å². The number of para-hydroxylation sites is 1. The minimum absolute atomic E-state index is 0.127. The van der Waals surface area contributed by atoms with Crippen molar-refractivity contribution in [2.75, 3.05) is 0 Å². The summed E-state index contributed by atoms with van der Waals surface area (Å²) in [5.41, 5.74) is 10.7. The Bertz CT molecular complexity index is 542. The van der Waals surface area contributed by atoms with Crippen molar-refractivity contribution in [3.8, 4) is 5.75 Å². The van der Waals surface area contributed by atoms with Crippen molar-refractivity contribution in [3.63, 3.8) is 0 Å². The minimum Gasteiger partial charge on any atom is -0.488 e. The van der Waals surface area contributed by atoms with Gasteiger partial charge in [0.25, 0.3) is 0 Å². The molecule has 1 aromatic rings. The maximum absolute atomic E-state index is 12.3. The molecule has 21 heavy (non-hydrogen) atoms. The zero-order chi connectivity index (χ0) is 16.0. The largest absolute Gasteiger partial charge is 0.488 e. The fraction of sp³-hybridized carbons (Fsp3) is 0.400. The lowest BCUT2D eigenvalue weighted by Gasteiger charge is -2.31. The second-order valence-corrected chi connectivity index (χ2v) is 4.46. The van der Waals surface area contributed by atoms with Gasteiger partial charge >= 0.3 is 0 Å². The van der Waals surface area contributed by atoms with E-state index >= 15 is 0 Å². The maximum atomic E-state index is 12.3. The molecular weight excluding hydrogens is 272 g/mol. The first-order valence-electron chi connectivity index (χ1n) is 6.85. The predicted octanol–water partition coefficient (Wildman–Crippen LogP) is 1.02. The highest BCUT2D eigenvalue weighted by Crippen LogP contribution is 2.33. The van der Waals surface area contributed by atoms with Crippen LogP contribution in [0.2, 0.25) is 0 Å². The van der Waals surface area contributed by atoms with Crippen LogP contribution in [0.15, 0.2) is 24.3 Å². The highest BCUT2D eigenvalue weighted by atomic mass is 16.5. The van der Waals surface area contributed by atoms with E-state index in [1.165, 1.54) is 0 Å². The Hall–Kier alpha value is -2.37. The number of primary amides is 2. The first-order chi connectivity index (χ1) is 9.99. The lowest BCUT2D eigenvalue weighted by molar-refractivity contribution is -0.122. The topological polar surface area (TPSA) is 112 Å². The summed E-state index contributed by atoms with van der Waals surface area (Å²) >= 11 is 0. The summed E-state index contributed by atoms with van der Waals surface area (Å²) in [5.74, 6) is -1.81. The monoisotopic (exact) mass is 292 g/mol. The van der Waals surface area contributed by atoms with Crippen LogP contribution < -0.4 is 16.2 Å². The van der Waals surface area contributed by atoms with E-state index in [0.717, 1.165) is 0 Å². The van der Waals surface area contributed by atoms with Gasteiger partial charge in [0.2, 0.25) is 11.8 Å². The zero-order valence-corrected chi connectivity index (χ0v) is 12.2. The molecule has 1 aliphatic heterocycles. The third-order valence-corrected chi connectivity index (χ3v) is 3.04. The number of fused-ring (bicyclic) bond motifs is 1. The van der Waals surface area contributed by atoms with E-state index < -0.39 is 23.8 Å². The van der Waals surface area contributed by atoms with Crippen LogP contribution in [0.3, 0.4) is 0 Å². The normalized spacial score (nSPS) is 19.6. The third kappa shape index (κ3) is 4.05. The number of Topliss-reactive ketones (excluding diaryl/α,β-unsaturated/α-hetero) is 1. The minimum atomic E-state index is -0.764. The van der Waals surface area contributed by atoms with E-state index in [9.17, 15) is 14.4 Å². The van der Waals surface area contributed by atoms with Crippen LogP contribution in [0.1, 0.15) is 37.0 Å². The molecule has 1 heterocycles. The number of ether oxygens (including phenoxy) is 1. The van der Waals surface area contributed by atoms with E-state index in [0.29, 0.717) is 11.3 Å². The highest BCUT2D eigenvalue weighted by molar-refractivity contribution is 6.03. The van der Waals surface area contributed by atoms with Crippen molar-refractivity contribution in [1.29, 1.82) is 0 Å². The molecule has 0 aromatic heterocycles. The lowest BCUT2D eigenvalue weighted by atomic mass is 9.85. The van der Waals surface area contributed by atoms with Crippen molar-refractivity contribution in [2.45, 2.75) is 32.8 Å². The van der Waals surface area contributed by atoms with Crippen LogP contribution in [0.5, 0.6) is 5.75 Å². The predicted molar refractivity (Wildman–Crippen MR) is 77.6 cm³/mol. The quantitative estimate of drug-likeness (QED) is 0.862. The van der Waals surface area contributed by atoms with Crippen LogP contribution in [-0.4, -0.2) is 23.7 Å². The molecule has 6 heteroatoms. The Kier molecular flexibility index (Phi) is 5.90. The van der Waals surface area contributed by atoms with E-state index in [2.05, 4.69) is 0 Å². The number of nitrogens with two attached hydrogens (primary N) is 2. The van der Waals surface area contributed by atoms with Gasteiger partial charge in [-0.05, 0) is 12.1 Å². The van der Waals surface area contributed by atoms with Gasteiger partial charge < -0.3 is 16.2 Å². The highest BCUT2D eigenvalue weighted by Gasteiger charge is 2.38. The summed E-state index contributed by atoms with van der Waals surface area (Å²) in [4.78, 5) is 34.4. The smallest absolute Gasteiger partial charge is 0.221 e. The number of carbonyl (C=O) groups excluding carboxylic acids is 3.